The van der Waals surface area contributed by atoms with Crippen molar-refractivity contribution < 1.29 is 9.47 Å². The zero-order chi connectivity index (χ0) is 11.3. The van der Waals surface area contributed by atoms with Crippen LogP contribution in [0.2, 0.25) is 0 Å². The van der Waals surface area contributed by atoms with Crippen LogP contribution in [0.5, 0.6) is 0 Å². The van der Waals surface area contributed by atoms with Crippen LogP contribution in [0.1, 0.15) is 33.6 Å². The van der Waals surface area contributed by atoms with Crippen LogP contribution in [0, 0.1) is 5.92 Å². The van der Waals surface area contributed by atoms with Crippen molar-refractivity contribution in [2.75, 3.05) is 26.9 Å². The second-order valence-electron chi connectivity index (χ2n) is 4.98. The van der Waals surface area contributed by atoms with E-state index in [-0.39, 0.29) is 5.60 Å². The van der Waals surface area contributed by atoms with Crippen LogP contribution >= 0.6 is 0 Å². The number of ether oxygens (including phenoxy) is 2. The van der Waals surface area contributed by atoms with Crippen LogP contribution < -0.4 is 5.32 Å². The van der Waals surface area contributed by atoms with Gasteiger partial charge in [0.1, 0.15) is 0 Å². The molecule has 15 heavy (non-hydrogen) atoms. The Kier molecular flexibility index (Phi) is 5.03. The van der Waals surface area contributed by atoms with Crippen LogP contribution in [0.4, 0.5) is 0 Å². The lowest BCUT2D eigenvalue weighted by atomic mass is 9.96. The average molecular weight is 215 g/mol. The predicted octanol–water partition coefficient (Wildman–Crippen LogP) is 1.82. The summed E-state index contributed by atoms with van der Waals surface area (Å²) in [5, 5.41) is 3.60. The Bertz CT molecular complexity index is 176. The van der Waals surface area contributed by atoms with Gasteiger partial charge in [-0.05, 0) is 32.6 Å². The van der Waals surface area contributed by atoms with Gasteiger partial charge in [-0.2, -0.15) is 0 Å². The van der Waals surface area contributed by atoms with E-state index in [9.17, 15) is 0 Å². The largest absolute Gasteiger partial charge is 0.381 e. The summed E-state index contributed by atoms with van der Waals surface area (Å²) < 4.78 is 10.8. The molecule has 3 nitrogen and oxygen atoms in total. The highest BCUT2D eigenvalue weighted by Gasteiger charge is 2.26. The molecule has 1 N–H and O–H groups in total. The van der Waals surface area contributed by atoms with Crippen molar-refractivity contribution in [3.63, 3.8) is 0 Å². The fourth-order valence-corrected chi connectivity index (χ4v) is 1.96. The van der Waals surface area contributed by atoms with E-state index >= 15 is 0 Å². The summed E-state index contributed by atoms with van der Waals surface area (Å²) in [5.41, 5.74) is -0.0765. The third kappa shape index (κ3) is 4.09. The van der Waals surface area contributed by atoms with Crippen LogP contribution in [0.3, 0.4) is 0 Å². The van der Waals surface area contributed by atoms with Crippen molar-refractivity contribution in [3.05, 3.63) is 0 Å². The molecule has 0 spiro atoms. The monoisotopic (exact) mass is 215 g/mol. The first-order valence-electron chi connectivity index (χ1n) is 5.95. The SMILES string of the molecule is CCC(NCC(C)(C)OC)C1CCOC1. The Labute approximate surface area is 93.5 Å². The molecule has 0 aliphatic carbocycles. The van der Waals surface area contributed by atoms with E-state index in [1.54, 1.807) is 7.11 Å². The standard InChI is InChI=1S/C12H25NO2/c1-5-11(10-6-7-15-8-10)13-9-12(2,3)14-4/h10-11,13H,5-9H2,1-4H3. The molecule has 0 aromatic heterocycles. The average Bonchev–Trinajstić information content (AvgIpc) is 2.72. The van der Waals surface area contributed by atoms with E-state index in [2.05, 4.69) is 26.1 Å². The normalized spacial score (nSPS) is 24.4. The molecular formula is C12H25NO2. The molecule has 2 atom stereocenters. The van der Waals surface area contributed by atoms with E-state index in [0.29, 0.717) is 12.0 Å². The summed E-state index contributed by atoms with van der Waals surface area (Å²) >= 11 is 0. The fourth-order valence-electron chi connectivity index (χ4n) is 1.96. The van der Waals surface area contributed by atoms with Gasteiger partial charge in [0.25, 0.3) is 0 Å². The minimum atomic E-state index is -0.0765. The second kappa shape index (κ2) is 5.83. The Morgan fingerprint density at radius 3 is 2.73 bits per heavy atom. The maximum absolute atomic E-state index is 5.43. The quantitative estimate of drug-likeness (QED) is 0.733. The minimum Gasteiger partial charge on any atom is -0.381 e. The summed E-state index contributed by atoms with van der Waals surface area (Å²) in [6.45, 7) is 9.19. The van der Waals surface area contributed by atoms with Gasteiger partial charge in [-0.15, -0.1) is 0 Å². The molecule has 0 saturated carbocycles. The van der Waals surface area contributed by atoms with Crippen molar-refractivity contribution in [2.45, 2.75) is 45.3 Å². The van der Waals surface area contributed by atoms with E-state index in [0.717, 1.165) is 26.2 Å². The Hall–Kier alpha value is -0.120. The second-order valence-corrected chi connectivity index (χ2v) is 4.98. The zero-order valence-electron chi connectivity index (χ0n) is 10.5. The summed E-state index contributed by atoms with van der Waals surface area (Å²) in [4.78, 5) is 0. The number of nitrogens with one attached hydrogen (secondary N) is 1. The number of methoxy groups -OCH3 is 1. The molecule has 3 heteroatoms. The molecule has 90 valence electrons. The molecule has 1 rings (SSSR count). The summed E-state index contributed by atoms with van der Waals surface area (Å²) in [6.07, 6.45) is 2.35. The van der Waals surface area contributed by atoms with Crippen molar-refractivity contribution >= 4 is 0 Å². The van der Waals surface area contributed by atoms with Crippen molar-refractivity contribution in [1.82, 2.24) is 5.32 Å². The minimum absolute atomic E-state index is 0.0765. The lowest BCUT2D eigenvalue weighted by molar-refractivity contribution is 0.0189. The van der Waals surface area contributed by atoms with E-state index in [4.69, 9.17) is 9.47 Å². The van der Waals surface area contributed by atoms with Crippen LogP contribution in [0.25, 0.3) is 0 Å². The smallest absolute Gasteiger partial charge is 0.0746 e. The predicted molar refractivity (Wildman–Crippen MR) is 62.1 cm³/mol. The molecule has 1 aliphatic heterocycles. The Morgan fingerprint density at radius 2 is 2.27 bits per heavy atom. The lowest BCUT2D eigenvalue weighted by Gasteiger charge is -2.29. The molecule has 0 bridgehead atoms. The van der Waals surface area contributed by atoms with Gasteiger partial charge in [0.05, 0.1) is 12.2 Å². The van der Waals surface area contributed by atoms with Gasteiger partial charge in [0.2, 0.25) is 0 Å². The van der Waals surface area contributed by atoms with Crippen molar-refractivity contribution in [1.29, 1.82) is 0 Å². The third-order valence-corrected chi connectivity index (χ3v) is 3.32. The topological polar surface area (TPSA) is 30.5 Å². The van der Waals surface area contributed by atoms with Gasteiger partial charge in [-0.1, -0.05) is 6.92 Å². The number of rotatable bonds is 6. The van der Waals surface area contributed by atoms with Crippen molar-refractivity contribution in [2.24, 2.45) is 5.92 Å². The first kappa shape index (κ1) is 12.9. The fraction of sp³-hybridized carbons (Fsp3) is 1.00. The van der Waals surface area contributed by atoms with Crippen molar-refractivity contribution in [3.8, 4) is 0 Å². The first-order chi connectivity index (χ1) is 7.09. The van der Waals surface area contributed by atoms with Crippen LogP contribution in [0.15, 0.2) is 0 Å². The van der Waals surface area contributed by atoms with Gasteiger partial charge < -0.3 is 14.8 Å². The molecule has 1 heterocycles. The van der Waals surface area contributed by atoms with Gasteiger partial charge in [-0.3, -0.25) is 0 Å². The summed E-state index contributed by atoms with van der Waals surface area (Å²) in [6, 6.07) is 0.571. The molecule has 0 amide bonds. The first-order valence-corrected chi connectivity index (χ1v) is 5.95. The summed E-state index contributed by atoms with van der Waals surface area (Å²) in [7, 11) is 1.77. The van der Waals surface area contributed by atoms with Gasteiger partial charge in [0.15, 0.2) is 0 Å². The molecule has 1 aliphatic rings. The molecule has 2 unspecified atom stereocenters. The van der Waals surface area contributed by atoms with E-state index < -0.39 is 0 Å². The van der Waals surface area contributed by atoms with Crippen LogP contribution in [-0.4, -0.2) is 38.5 Å². The molecule has 0 aromatic carbocycles. The summed E-state index contributed by atoms with van der Waals surface area (Å²) in [5.74, 6) is 0.683. The van der Waals surface area contributed by atoms with Gasteiger partial charge in [0, 0.05) is 26.3 Å². The zero-order valence-corrected chi connectivity index (χ0v) is 10.5. The maximum atomic E-state index is 5.43. The Balaban J connectivity index is 2.33. The molecular weight excluding hydrogens is 190 g/mol. The highest BCUT2D eigenvalue weighted by atomic mass is 16.5. The maximum Gasteiger partial charge on any atom is 0.0746 e. The molecule has 1 saturated heterocycles. The highest BCUT2D eigenvalue weighted by Crippen LogP contribution is 2.19. The lowest BCUT2D eigenvalue weighted by Crippen LogP contribution is -2.44. The Morgan fingerprint density at radius 1 is 1.53 bits per heavy atom. The third-order valence-electron chi connectivity index (χ3n) is 3.32. The van der Waals surface area contributed by atoms with E-state index in [1.165, 1.54) is 6.42 Å². The number of hydrogen-bond acceptors (Lipinski definition) is 3. The molecule has 0 radical (unpaired) electrons. The molecule has 0 aromatic rings. The van der Waals surface area contributed by atoms with Gasteiger partial charge in [-0.25, -0.2) is 0 Å². The highest BCUT2D eigenvalue weighted by molar-refractivity contribution is 4.81. The van der Waals surface area contributed by atoms with Gasteiger partial charge >= 0.3 is 0 Å². The number of hydrogen-bond donors (Lipinski definition) is 1. The van der Waals surface area contributed by atoms with Crippen LogP contribution in [-0.2, 0) is 9.47 Å². The van der Waals surface area contributed by atoms with E-state index in [1.807, 2.05) is 0 Å². The molecule has 1 fully saturated rings.